The lowest BCUT2D eigenvalue weighted by Crippen LogP contribution is -2.47. The van der Waals surface area contributed by atoms with Crippen LogP contribution in [0.4, 0.5) is 5.69 Å². The fraction of sp³-hybridized carbons (Fsp3) is 0.222. The van der Waals surface area contributed by atoms with Crippen molar-refractivity contribution in [3.8, 4) is 5.75 Å². The molecule has 2 amide bonds. The van der Waals surface area contributed by atoms with Crippen molar-refractivity contribution in [2.45, 2.75) is 6.54 Å². The van der Waals surface area contributed by atoms with Gasteiger partial charge >= 0.3 is 0 Å². The topological polar surface area (TPSA) is 66.0 Å². The van der Waals surface area contributed by atoms with Gasteiger partial charge in [0.1, 0.15) is 11.4 Å². The van der Waals surface area contributed by atoms with Gasteiger partial charge in [0.15, 0.2) is 0 Å². The molecule has 0 bridgehead atoms. The number of pyridine rings is 1. The Labute approximate surface area is 198 Å². The van der Waals surface area contributed by atoms with E-state index in [2.05, 4.69) is 26.9 Å². The minimum absolute atomic E-state index is 0.193. The molecule has 172 valence electrons. The van der Waals surface area contributed by atoms with Gasteiger partial charge in [0.25, 0.3) is 11.8 Å². The molecule has 0 saturated carbocycles. The second-order valence-electron chi connectivity index (χ2n) is 8.32. The number of nitrogens with zero attached hydrogens (tertiary/aromatic N) is 4. The van der Waals surface area contributed by atoms with Crippen LogP contribution in [0.1, 0.15) is 11.1 Å². The van der Waals surface area contributed by atoms with Gasteiger partial charge in [-0.15, -0.1) is 0 Å². The molecule has 1 fully saturated rings. The van der Waals surface area contributed by atoms with Crippen LogP contribution in [-0.2, 0) is 16.1 Å². The predicted octanol–water partition coefficient (Wildman–Crippen LogP) is 3.19. The fourth-order valence-electron chi connectivity index (χ4n) is 4.52. The molecule has 5 rings (SSSR count). The van der Waals surface area contributed by atoms with E-state index >= 15 is 0 Å². The Balaban J connectivity index is 1.45. The smallest absolute Gasteiger partial charge is 0.278 e. The molecule has 7 heteroatoms. The third-order valence-corrected chi connectivity index (χ3v) is 6.30. The Kier molecular flexibility index (Phi) is 5.99. The highest BCUT2D eigenvalue weighted by molar-refractivity contribution is 6.35. The van der Waals surface area contributed by atoms with Crippen molar-refractivity contribution in [2.24, 2.45) is 0 Å². The summed E-state index contributed by atoms with van der Waals surface area (Å²) in [5.74, 6) is 0.165. The van der Waals surface area contributed by atoms with Crippen LogP contribution in [0.15, 0.2) is 84.8 Å². The van der Waals surface area contributed by atoms with E-state index in [1.54, 1.807) is 19.5 Å². The van der Waals surface area contributed by atoms with Gasteiger partial charge in [-0.3, -0.25) is 19.5 Å². The molecule has 0 unspecified atom stereocenters. The zero-order valence-corrected chi connectivity index (χ0v) is 19.1. The molecule has 3 heterocycles. The number of amides is 2. The molecule has 34 heavy (non-hydrogen) atoms. The highest BCUT2D eigenvalue weighted by Crippen LogP contribution is 2.34. The van der Waals surface area contributed by atoms with Crippen LogP contribution in [0.3, 0.4) is 0 Å². The monoisotopic (exact) mass is 454 g/mol. The molecule has 1 saturated heterocycles. The molecule has 0 N–H and O–H groups in total. The summed E-state index contributed by atoms with van der Waals surface area (Å²) in [4.78, 5) is 37.0. The zero-order chi connectivity index (χ0) is 23.5. The van der Waals surface area contributed by atoms with E-state index in [4.69, 9.17) is 4.74 Å². The van der Waals surface area contributed by atoms with Crippen LogP contribution in [0.2, 0.25) is 0 Å². The Morgan fingerprint density at radius 3 is 2.18 bits per heavy atom. The van der Waals surface area contributed by atoms with Crippen molar-refractivity contribution in [3.05, 3.63) is 95.9 Å². The summed E-state index contributed by atoms with van der Waals surface area (Å²) in [6.45, 7) is 3.05. The molecular formula is C27H26N4O3. The second kappa shape index (κ2) is 9.39. The molecule has 0 aliphatic carbocycles. The summed E-state index contributed by atoms with van der Waals surface area (Å²) in [6.07, 6.45) is 3.36. The summed E-state index contributed by atoms with van der Waals surface area (Å²) >= 11 is 0. The number of benzene rings is 2. The SMILES string of the molecule is COc1ccc(C2=C(N3CCN(c4ccccc4)CC3)C(=O)N(Cc3cccnc3)C2=O)cc1. The van der Waals surface area contributed by atoms with Crippen LogP contribution in [-0.4, -0.2) is 59.9 Å². The van der Waals surface area contributed by atoms with E-state index in [9.17, 15) is 9.59 Å². The lowest BCUT2D eigenvalue weighted by atomic mass is 10.0. The first-order valence-corrected chi connectivity index (χ1v) is 11.3. The maximum Gasteiger partial charge on any atom is 0.278 e. The number of anilines is 1. The van der Waals surface area contributed by atoms with Gasteiger partial charge in [-0.05, 0) is 41.5 Å². The first kappa shape index (κ1) is 21.7. The summed E-state index contributed by atoms with van der Waals surface area (Å²) < 4.78 is 5.28. The Morgan fingerprint density at radius 1 is 0.824 bits per heavy atom. The van der Waals surface area contributed by atoms with Crippen LogP contribution in [0.5, 0.6) is 5.75 Å². The van der Waals surface area contributed by atoms with Crippen LogP contribution < -0.4 is 9.64 Å². The average molecular weight is 455 g/mol. The largest absolute Gasteiger partial charge is 0.497 e. The number of para-hydroxylation sites is 1. The van der Waals surface area contributed by atoms with Gasteiger partial charge in [-0.1, -0.05) is 36.4 Å². The van der Waals surface area contributed by atoms with Gasteiger partial charge in [0.2, 0.25) is 0 Å². The molecule has 7 nitrogen and oxygen atoms in total. The lowest BCUT2D eigenvalue weighted by Gasteiger charge is -2.37. The quantitative estimate of drug-likeness (QED) is 0.533. The van der Waals surface area contributed by atoms with Gasteiger partial charge in [-0.25, -0.2) is 0 Å². The Bertz CT molecular complexity index is 1200. The third kappa shape index (κ3) is 4.12. The predicted molar refractivity (Wildman–Crippen MR) is 130 cm³/mol. The molecule has 2 aliphatic heterocycles. The molecule has 0 spiro atoms. The van der Waals surface area contributed by atoms with Gasteiger partial charge < -0.3 is 14.5 Å². The molecule has 2 aliphatic rings. The van der Waals surface area contributed by atoms with E-state index < -0.39 is 0 Å². The lowest BCUT2D eigenvalue weighted by molar-refractivity contribution is -0.138. The normalized spacial score (nSPS) is 16.4. The minimum Gasteiger partial charge on any atom is -0.497 e. The maximum absolute atomic E-state index is 13.6. The minimum atomic E-state index is -0.278. The highest BCUT2D eigenvalue weighted by atomic mass is 16.5. The number of ether oxygens (including phenoxy) is 1. The average Bonchev–Trinajstić information content (AvgIpc) is 3.15. The summed E-state index contributed by atoms with van der Waals surface area (Å²) in [6, 6.07) is 21.2. The standard InChI is InChI=1S/C27H26N4O3/c1-34-23-11-9-21(10-12-23)24-25(27(33)31(26(24)32)19-20-6-5-13-28-18-20)30-16-14-29(15-17-30)22-7-3-2-4-8-22/h2-13,18H,14-17,19H2,1H3. The molecular weight excluding hydrogens is 428 g/mol. The second-order valence-corrected chi connectivity index (χ2v) is 8.32. The number of piperazine rings is 1. The van der Waals surface area contributed by atoms with Gasteiger partial charge in [-0.2, -0.15) is 0 Å². The van der Waals surface area contributed by atoms with E-state index in [0.29, 0.717) is 35.7 Å². The number of carbonyl (C=O) groups is 2. The van der Waals surface area contributed by atoms with E-state index in [1.165, 1.54) is 10.6 Å². The van der Waals surface area contributed by atoms with Gasteiger partial charge in [0, 0.05) is 44.3 Å². The highest BCUT2D eigenvalue weighted by Gasteiger charge is 2.42. The van der Waals surface area contributed by atoms with Crippen molar-refractivity contribution in [2.75, 3.05) is 38.2 Å². The molecule has 1 aromatic heterocycles. The Hall–Kier alpha value is -4.13. The number of methoxy groups -OCH3 is 1. The third-order valence-electron chi connectivity index (χ3n) is 6.30. The van der Waals surface area contributed by atoms with Crippen molar-refractivity contribution in [1.29, 1.82) is 0 Å². The summed E-state index contributed by atoms with van der Waals surface area (Å²) in [7, 11) is 1.60. The number of rotatable bonds is 6. The first-order chi connectivity index (χ1) is 16.7. The van der Waals surface area contributed by atoms with Crippen molar-refractivity contribution < 1.29 is 14.3 Å². The summed E-state index contributed by atoms with van der Waals surface area (Å²) in [5, 5.41) is 0. The Morgan fingerprint density at radius 2 is 1.53 bits per heavy atom. The van der Waals surface area contributed by atoms with Crippen LogP contribution in [0.25, 0.3) is 5.57 Å². The van der Waals surface area contributed by atoms with Crippen LogP contribution >= 0.6 is 0 Å². The zero-order valence-electron chi connectivity index (χ0n) is 19.1. The van der Waals surface area contributed by atoms with E-state index in [-0.39, 0.29) is 18.4 Å². The van der Waals surface area contributed by atoms with E-state index in [0.717, 1.165) is 18.7 Å². The fourth-order valence-corrected chi connectivity index (χ4v) is 4.52. The summed E-state index contributed by atoms with van der Waals surface area (Å²) in [5.41, 5.74) is 3.62. The number of hydrogen-bond donors (Lipinski definition) is 0. The molecule has 0 radical (unpaired) electrons. The molecule has 3 aromatic rings. The first-order valence-electron chi connectivity index (χ1n) is 11.3. The van der Waals surface area contributed by atoms with E-state index in [1.807, 2.05) is 54.6 Å². The molecule has 0 atom stereocenters. The van der Waals surface area contributed by atoms with Crippen molar-refractivity contribution >= 4 is 23.1 Å². The van der Waals surface area contributed by atoms with Crippen molar-refractivity contribution in [3.63, 3.8) is 0 Å². The number of carbonyl (C=O) groups excluding carboxylic acids is 2. The maximum atomic E-state index is 13.6. The number of hydrogen-bond acceptors (Lipinski definition) is 6. The van der Waals surface area contributed by atoms with Gasteiger partial charge in [0.05, 0.1) is 19.2 Å². The molecule has 2 aromatic carbocycles. The van der Waals surface area contributed by atoms with Crippen molar-refractivity contribution in [1.82, 2.24) is 14.8 Å². The van der Waals surface area contributed by atoms with Crippen LogP contribution in [0, 0.1) is 0 Å². The number of imide groups is 1. The number of aromatic nitrogens is 1.